The van der Waals surface area contributed by atoms with Gasteiger partial charge in [-0.1, -0.05) is 13.8 Å². The molecule has 0 aliphatic carbocycles. The molecule has 122 valence electrons. The molecular weight excluding hydrogens is 302 g/mol. The molecule has 1 amide bonds. The van der Waals surface area contributed by atoms with Gasteiger partial charge in [0.25, 0.3) is 5.91 Å². The Balaban J connectivity index is 2.00. The summed E-state index contributed by atoms with van der Waals surface area (Å²) in [5.41, 5.74) is 0.545. The van der Waals surface area contributed by atoms with Gasteiger partial charge in [0.05, 0.1) is 18.1 Å². The molecule has 2 rings (SSSR count). The van der Waals surface area contributed by atoms with Crippen LogP contribution in [0.25, 0.3) is 0 Å². The van der Waals surface area contributed by atoms with E-state index in [4.69, 9.17) is 4.74 Å². The topological polar surface area (TPSA) is 63.7 Å². The number of carbonyl (C=O) groups is 1. The van der Waals surface area contributed by atoms with Crippen LogP contribution < -0.4 is 4.74 Å². The molecule has 0 radical (unpaired) electrons. The van der Waals surface area contributed by atoms with Crippen molar-refractivity contribution >= 4 is 15.7 Å². The number of nitrogens with zero attached hydrogens (tertiary/aromatic N) is 1. The number of amides is 1. The summed E-state index contributed by atoms with van der Waals surface area (Å²) < 4.78 is 28.6. The van der Waals surface area contributed by atoms with Gasteiger partial charge in [0.15, 0.2) is 9.84 Å². The number of ether oxygens (including phenoxy) is 1. The van der Waals surface area contributed by atoms with Crippen molar-refractivity contribution < 1.29 is 17.9 Å². The van der Waals surface area contributed by atoms with Gasteiger partial charge in [-0.15, -0.1) is 0 Å². The summed E-state index contributed by atoms with van der Waals surface area (Å²) in [4.78, 5) is 13.9. The molecule has 1 aromatic rings. The van der Waals surface area contributed by atoms with Crippen LogP contribution in [0.1, 0.15) is 30.6 Å². The van der Waals surface area contributed by atoms with Crippen molar-refractivity contribution in [2.24, 2.45) is 5.92 Å². The van der Waals surface area contributed by atoms with Crippen LogP contribution in [-0.4, -0.2) is 50.4 Å². The second kappa shape index (κ2) is 6.69. The van der Waals surface area contributed by atoms with Crippen molar-refractivity contribution in [2.45, 2.75) is 26.3 Å². The maximum Gasteiger partial charge on any atom is 0.253 e. The lowest BCUT2D eigenvalue weighted by Crippen LogP contribution is -2.37. The van der Waals surface area contributed by atoms with Crippen LogP contribution in [0, 0.1) is 5.92 Å². The lowest BCUT2D eigenvalue weighted by Gasteiger charge is -2.23. The molecule has 0 bridgehead atoms. The predicted molar refractivity (Wildman–Crippen MR) is 85.9 cm³/mol. The van der Waals surface area contributed by atoms with Crippen LogP contribution in [0.5, 0.6) is 5.75 Å². The first-order valence-corrected chi connectivity index (χ1v) is 9.31. The fraction of sp³-hybridized carbons (Fsp3) is 0.562. The van der Waals surface area contributed by atoms with E-state index in [-0.39, 0.29) is 23.5 Å². The summed E-state index contributed by atoms with van der Waals surface area (Å²) in [6, 6.07) is 6.76. The zero-order valence-corrected chi connectivity index (χ0v) is 14.1. The molecule has 22 heavy (non-hydrogen) atoms. The Labute approximate surface area is 132 Å². The van der Waals surface area contributed by atoms with E-state index in [1.165, 1.54) is 4.90 Å². The summed E-state index contributed by atoms with van der Waals surface area (Å²) in [5, 5.41) is 0. The number of carbonyl (C=O) groups excluding carboxylic acids is 1. The lowest BCUT2D eigenvalue weighted by molar-refractivity contribution is 0.0747. The summed E-state index contributed by atoms with van der Waals surface area (Å²) in [7, 11) is -1.33. The van der Waals surface area contributed by atoms with Crippen molar-refractivity contribution in [2.75, 3.05) is 25.2 Å². The monoisotopic (exact) mass is 325 g/mol. The second-order valence-electron chi connectivity index (χ2n) is 6.20. The minimum atomic E-state index is -2.99. The number of rotatable bonds is 5. The molecule has 1 unspecified atom stereocenters. The Kier molecular flexibility index (Phi) is 5.11. The highest BCUT2D eigenvalue weighted by Crippen LogP contribution is 2.20. The standard InChI is InChI=1S/C16H23NO4S/c1-12(2)10-21-15-6-4-13(5-7-15)16(18)17(3)14-8-9-22(19,20)11-14/h4-7,12,14H,8-11H2,1-3H3. The molecule has 1 aliphatic heterocycles. The number of benzene rings is 1. The molecule has 1 aromatic carbocycles. The molecule has 0 aromatic heterocycles. The van der Waals surface area contributed by atoms with Gasteiger partial charge in [-0.25, -0.2) is 8.42 Å². The van der Waals surface area contributed by atoms with Crippen molar-refractivity contribution in [1.82, 2.24) is 4.90 Å². The quantitative estimate of drug-likeness (QED) is 0.830. The molecule has 0 spiro atoms. The first-order valence-electron chi connectivity index (χ1n) is 7.49. The molecule has 1 heterocycles. The van der Waals surface area contributed by atoms with E-state index in [0.717, 1.165) is 5.75 Å². The fourth-order valence-electron chi connectivity index (χ4n) is 2.41. The summed E-state index contributed by atoms with van der Waals surface area (Å²) >= 11 is 0. The van der Waals surface area contributed by atoms with Gasteiger partial charge in [0.1, 0.15) is 5.75 Å². The van der Waals surface area contributed by atoms with Crippen LogP contribution in [0.3, 0.4) is 0 Å². The van der Waals surface area contributed by atoms with Crippen LogP contribution in [0.4, 0.5) is 0 Å². The Morgan fingerprint density at radius 1 is 1.32 bits per heavy atom. The smallest absolute Gasteiger partial charge is 0.253 e. The van der Waals surface area contributed by atoms with Gasteiger partial charge in [-0.2, -0.15) is 0 Å². The fourth-order valence-corrected chi connectivity index (χ4v) is 4.18. The Bertz CT molecular complexity index is 622. The Hall–Kier alpha value is -1.56. The van der Waals surface area contributed by atoms with Gasteiger partial charge in [0.2, 0.25) is 0 Å². The molecule has 1 fully saturated rings. The average molecular weight is 325 g/mol. The van der Waals surface area contributed by atoms with Crippen LogP contribution in [0.2, 0.25) is 0 Å². The third-order valence-electron chi connectivity index (χ3n) is 3.76. The van der Waals surface area contributed by atoms with Gasteiger partial charge in [0, 0.05) is 18.7 Å². The van der Waals surface area contributed by atoms with Crippen molar-refractivity contribution in [3.63, 3.8) is 0 Å². The number of sulfone groups is 1. The Morgan fingerprint density at radius 2 is 1.95 bits per heavy atom. The first-order chi connectivity index (χ1) is 10.3. The normalized spacial score (nSPS) is 20.1. The van der Waals surface area contributed by atoms with E-state index in [0.29, 0.717) is 24.5 Å². The highest BCUT2D eigenvalue weighted by atomic mass is 32.2. The number of hydrogen-bond acceptors (Lipinski definition) is 4. The summed E-state index contributed by atoms with van der Waals surface area (Å²) in [6.07, 6.45) is 0.514. The molecule has 0 N–H and O–H groups in total. The van der Waals surface area contributed by atoms with Crippen LogP contribution in [0.15, 0.2) is 24.3 Å². The Morgan fingerprint density at radius 3 is 2.45 bits per heavy atom. The average Bonchev–Trinajstić information content (AvgIpc) is 2.84. The van der Waals surface area contributed by atoms with E-state index in [9.17, 15) is 13.2 Å². The number of hydrogen-bond donors (Lipinski definition) is 0. The maximum atomic E-state index is 12.4. The van der Waals surface area contributed by atoms with E-state index < -0.39 is 9.84 Å². The van der Waals surface area contributed by atoms with E-state index in [2.05, 4.69) is 13.8 Å². The van der Waals surface area contributed by atoms with E-state index >= 15 is 0 Å². The van der Waals surface area contributed by atoms with Crippen LogP contribution in [-0.2, 0) is 9.84 Å². The summed E-state index contributed by atoms with van der Waals surface area (Å²) in [5.74, 6) is 1.24. The zero-order chi connectivity index (χ0) is 16.3. The molecule has 6 heteroatoms. The lowest BCUT2D eigenvalue weighted by atomic mass is 10.1. The van der Waals surface area contributed by atoms with Crippen molar-refractivity contribution in [3.05, 3.63) is 29.8 Å². The van der Waals surface area contributed by atoms with Crippen molar-refractivity contribution in [3.8, 4) is 5.75 Å². The van der Waals surface area contributed by atoms with Gasteiger partial charge in [-0.05, 0) is 36.6 Å². The predicted octanol–water partition coefficient (Wildman–Crippen LogP) is 1.98. The summed E-state index contributed by atoms with van der Waals surface area (Å²) in [6.45, 7) is 4.78. The maximum absolute atomic E-state index is 12.4. The third kappa shape index (κ3) is 4.22. The van der Waals surface area contributed by atoms with Gasteiger partial charge >= 0.3 is 0 Å². The molecule has 5 nitrogen and oxygen atoms in total. The molecule has 1 saturated heterocycles. The first kappa shape index (κ1) is 16.8. The molecule has 0 saturated carbocycles. The van der Waals surface area contributed by atoms with Gasteiger partial charge < -0.3 is 9.64 Å². The highest BCUT2D eigenvalue weighted by molar-refractivity contribution is 7.91. The largest absolute Gasteiger partial charge is 0.493 e. The SMILES string of the molecule is CC(C)COc1ccc(C(=O)N(C)C2CCS(=O)(=O)C2)cc1. The molecule has 1 atom stereocenters. The second-order valence-corrected chi connectivity index (χ2v) is 8.43. The molecule has 1 aliphatic rings. The minimum Gasteiger partial charge on any atom is -0.493 e. The van der Waals surface area contributed by atoms with Crippen molar-refractivity contribution in [1.29, 1.82) is 0 Å². The van der Waals surface area contributed by atoms with Gasteiger partial charge in [-0.3, -0.25) is 4.79 Å². The minimum absolute atomic E-state index is 0.0603. The van der Waals surface area contributed by atoms with E-state index in [1.54, 1.807) is 31.3 Å². The highest BCUT2D eigenvalue weighted by Gasteiger charge is 2.32. The van der Waals surface area contributed by atoms with Crippen LogP contribution >= 0.6 is 0 Å². The van der Waals surface area contributed by atoms with E-state index in [1.807, 2.05) is 0 Å². The third-order valence-corrected chi connectivity index (χ3v) is 5.51. The zero-order valence-electron chi connectivity index (χ0n) is 13.3. The molecular formula is C16H23NO4S.